The van der Waals surface area contributed by atoms with Crippen LogP contribution >= 0.6 is 23.2 Å². The maximum atomic E-state index is 13.8. The molecule has 0 fully saturated rings. The molecule has 0 saturated carbocycles. The van der Waals surface area contributed by atoms with E-state index in [0.717, 1.165) is 10.4 Å². The number of alkyl halides is 1. The molecule has 0 unspecified atom stereocenters. The van der Waals surface area contributed by atoms with E-state index in [1.807, 2.05) is 0 Å². The molecule has 0 aliphatic carbocycles. The Kier molecular flexibility index (Phi) is 4.17. The lowest BCUT2D eigenvalue weighted by molar-refractivity contribution is 0.506. The molecule has 1 rings (SSSR count). The molecular weight excluding hydrogens is 276 g/mol. The zero-order chi connectivity index (χ0) is 12.5. The van der Waals surface area contributed by atoms with E-state index in [0.29, 0.717) is 0 Å². The number of hydrogen-bond donors (Lipinski definition) is 0. The monoisotopic (exact) mass is 285 g/mol. The van der Waals surface area contributed by atoms with Crippen LogP contribution in [0, 0.1) is 5.82 Å². The average Bonchev–Trinajstić information content (AvgIpc) is 2.20. The fourth-order valence-corrected chi connectivity index (χ4v) is 2.63. The van der Waals surface area contributed by atoms with Gasteiger partial charge in [0.1, 0.15) is 10.7 Å². The first-order valence-corrected chi connectivity index (χ1v) is 6.62. The second kappa shape index (κ2) is 4.87. The molecule has 16 heavy (non-hydrogen) atoms. The minimum atomic E-state index is -3.85. The second-order valence-corrected chi connectivity index (χ2v) is 6.12. The Morgan fingerprint density at radius 1 is 1.38 bits per heavy atom. The molecular formula is C9H10Cl2FNO2S. The van der Waals surface area contributed by atoms with E-state index in [-0.39, 0.29) is 16.5 Å². The standard InChI is InChI=1S/C9H10Cl2FNO2S/c1-13(2)16(14,15)8-4-7(11)3-6(5-10)9(8)12/h3-4H,5H2,1-2H3. The highest BCUT2D eigenvalue weighted by Gasteiger charge is 2.24. The van der Waals surface area contributed by atoms with Crippen LogP contribution in [0.25, 0.3) is 0 Å². The SMILES string of the molecule is CN(C)S(=O)(=O)c1cc(Cl)cc(CCl)c1F. The summed E-state index contributed by atoms with van der Waals surface area (Å²) in [5.41, 5.74) is 0.0644. The number of sulfonamides is 1. The summed E-state index contributed by atoms with van der Waals surface area (Å²) in [6, 6.07) is 2.38. The van der Waals surface area contributed by atoms with Gasteiger partial charge in [0.25, 0.3) is 0 Å². The third kappa shape index (κ3) is 2.48. The number of halogens is 3. The summed E-state index contributed by atoms with van der Waals surface area (Å²) in [6.45, 7) is 0. The molecule has 0 aliphatic rings. The second-order valence-electron chi connectivity index (χ2n) is 3.30. The Morgan fingerprint density at radius 2 is 1.94 bits per heavy atom. The Balaban J connectivity index is 3.52. The van der Waals surface area contributed by atoms with Crippen molar-refractivity contribution in [1.29, 1.82) is 0 Å². The van der Waals surface area contributed by atoms with Gasteiger partial charge in [0, 0.05) is 24.7 Å². The molecule has 1 aromatic carbocycles. The molecule has 90 valence electrons. The van der Waals surface area contributed by atoms with Gasteiger partial charge in [0.15, 0.2) is 0 Å². The molecule has 0 atom stereocenters. The summed E-state index contributed by atoms with van der Waals surface area (Å²) in [7, 11) is -1.22. The maximum Gasteiger partial charge on any atom is 0.245 e. The molecule has 0 radical (unpaired) electrons. The van der Waals surface area contributed by atoms with Gasteiger partial charge >= 0.3 is 0 Å². The number of nitrogens with zero attached hydrogens (tertiary/aromatic N) is 1. The van der Waals surface area contributed by atoms with Crippen molar-refractivity contribution >= 4 is 33.2 Å². The van der Waals surface area contributed by atoms with Crippen molar-refractivity contribution in [3.05, 3.63) is 28.5 Å². The summed E-state index contributed by atoms with van der Waals surface area (Å²) in [4.78, 5) is -0.458. The summed E-state index contributed by atoms with van der Waals surface area (Å²) >= 11 is 11.2. The van der Waals surface area contributed by atoms with E-state index in [1.165, 1.54) is 20.2 Å². The van der Waals surface area contributed by atoms with Crippen LogP contribution < -0.4 is 0 Å². The van der Waals surface area contributed by atoms with Crippen molar-refractivity contribution in [2.45, 2.75) is 10.8 Å². The molecule has 0 saturated heterocycles. The maximum absolute atomic E-state index is 13.8. The predicted octanol–water partition coefficient (Wildman–Crippen LogP) is 2.47. The van der Waals surface area contributed by atoms with E-state index < -0.39 is 20.7 Å². The Labute approximate surface area is 104 Å². The van der Waals surface area contributed by atoms with Gasteiger partial charge in [-0.05, 0) is 12.1 Å². The number of benzene rings is 1. The van der Waals surface area contributed by atoms with E-state index in [4.69, 9.17) is 23.2 Å². The van der Waals surface area contributed by atoms with Crippen LogP contribution in [0.4, 0.5) is 4.39 Å². The number of hydrogen-bond acceptors (Lipinski definition) is 2. The lowest BCUT2D eigenvalue weighted by atomic mass is 10.2. The molecule has 0 aliphatic heterocycles. The van der Waals surface area contributed by atoms with Crippen molar-refractivity contribution in [1.82, 2.24) is 4.31 Å². The van der Waals surface area contributed by atoms with Crippen LogP contribution in [0.15, 0.2) is 17.0 Å². The van der Waals surface area contributed by atoms with Gasteiger partial charge in [-0.3, -0.25) is 0 Å². The summed E-state index contributed by atoms with van der Waals surface area (Å²) in [5.74, 6) is -0.990. The first-order chi connectivity index (χ1) is 7.30. The molecule has 3 nitrogen and oxygen atoms in total. The van der Waals surface area contributed by atoms with Crippen molar-refractivity contribution < 1.29 is 12.8 Å². The average molecular weight is 286 g/mol. The minimum absolute atomic E-state index is 0.0644. The first-order valence-electron chi connectivity index (χ1n) is 4.27. The zero-order valence-corrected chi connectivity index (χ0v) is 11.0. The predicted molar refractivity (Wildman–Crippen MR) is 61.8 cm³/mol. The van der Waals surface area contributed by atoms with Gasteiger partial charge in [0.2, 0.25) is 10.0 Å². The van der Waals surface area contributed by atoms with Crippen LogP contribution in [0.1, 0.15) is 5.56 Å². The molecule has 7 heteroatoms. The number of rotatable bonds is 3. The first kappa shape index (κ1) is 13.7. The van der Waals surface area contributed by atoms with Gasteiger partial charge in [0.05, 0.1) is 5.88 Å². The van der Waals surface area contributed by atoms with E-state index in [9.17, 15) is 12.8 Å². The highest BCUT2D eigenvalue weighted by atomic mass is 35.5. The summed E-state index contributed by atoms with van der Waals surface area (Å²) in [6.07, 6.45) is 0. The van der Waals surface area contributed by atoms with Crippen molar-refractivity contribution in [2.75, 3.05) is 14.1 Å². The molecule has 0 aromatic heterocycles. The van der Waals surface area contributed by atoms with Crippen molar-refractivity contribution in [2.24, 2.45) is 0 Å². The summed E-state index contributed by atoms with van der Waals surface area (Å²) in [5, 5.41) is 0.137. The van der Waals surface area contributed by atoms with Gasteiger partial charge in [-0.25, -0.2) is 17.1 Å². The Bertz CT molecular complexity index is 502. The smallest absolute Gasteiger partial charge is 0.207 e. The lowest BCUT2D eigenvalue weighted by Gasteiger charge is -2.13. The molecule has 0 heterocycles. The topological polar surface area (TPSA) is 37.4 Å². The largest absolute Gasteiger partial charge is 0.245 e. The molecule has 1 aromatic rings. The van der Waals surface area contributed by atoms with Gasteiger partial charge in [-0.1, -0.05) is 11.6 Å². The van der Waals surface area contributed by atoms with Crippen LogP contribution in [-0.4, -0.2) is 26.8 Å². The highest BCUT2D eigenvalue weighted by molar-refractivity contribution is 7.89. The molecule has 0 bridgehead atoms. The normalized spacial score (nSPS) is 12.1. The Morgan fingerprint density at radius 3 is 2.38 bits per heavy atom. The van der Waals surface area contributed by atoms with Crippen molar-refractivity contribution in [3.8, 4) is 0 Å². The molecule has 0 N–H and O–H groups in total. The van der Waals surface area contributed by atoms with Gasteiger partial charge in [-0.15, -0.1) is 11.6 Å². The zero-order valence-electron chi connectivity index (χ0n) is 8.67. The minimum Gasteiger partial charge on any atom is -0.207 e. The fraction of sp³-hybridized carbons (Fsp3) is 0.333. The van der Waals surface area contributed by atoms with Crippen LogP contribution in [0.3, 0.4) is 0 Å². The summed E-state index contributed by atoms with van der Waals surface area (Å²) < 4.78 is 38.2. The quantitative estimate of drug-likeness (QED) is 0.800. The van der Waals surface area contributed by atoms with Crippen LogP contribution in [0.5, 0.6) is 0 Å². The lowest BCUT2D eigenvalue weighted by Crippen LogP contribution is -2.23. The Hall–Kier alpha value is -0.360. The van der Waals surface area contributed by atoms with Gasteiger partial charge < -0.3 is 0 Å². The van der Waals surface area contributed by atoms with Crippen LogP contribution in [0.2, 0.25) is 5.02 Å². The third-order valence-electron chi connectivity index (χ3n) is 1.98. The molecule has 0 amide bonds. The van der Waals surface area contributed by atoms with E-state index in [1.54, 1.807) is 0 Å². The van der Waals surface area contributed by atoms with Crippen molar-refractivity contribution in [3.63, 3.8) is 0 Å². The highest BCUT2D eigenvalue weighted by Crippen LogP contribution is 2.26. The van der Waals surface area contributed by atoms with Gasteiger partial charge in [-0.2, -0.15) is 0 Å². The van der Waals surface area contributed by atoms with Crippen LogP contribution in [-0.2, 0) is 15.9 Å². The fourth-order valence-electron chi connectivity index (χ4n) is 1.10. The van der Waals surface area contributed by atoms with E-state index in [2.05, 4.69) is 0 Å². The molecule has 0 spiro atoms. The van der Waals surface area contributed by atoms with E-state index >= 15 is 0 Å². The third-order valence-corrected chi connectivity index (χ3v) is 4.30.